The maximum Gasteiger partial charge on any atom is 0.291 e. The van der Waals surface area contributed by atoms with E-state index in [0.29, 0.717) is 21.4 Å². The normalized spacial score (nSPS) is 11.8. The van der Waals surface area contributed by atoms with Gasteiger partial charge in [0.2, 0.25) is 0 Å². The van der Waals surface area contributed by atoms with Crippen LogP contribution >= 0.6 is 23.2 Å². The van der Waals surface area contributed by atoms with Crippen LogP contribution in [0.5, 0.6) is 0 Å². The van der Waals surface area contributed by atoms with Crippen molar-refractivity contribution in [3.05, 3.63) is 80.0 Å². The lowest BCUT2D eigenvalue weighted by molar-refractivity contribution is 0.166. The Kier molecular flexibility index (Phi) is 4.52. The smallest absolute Gasteiger partial charge is 0.291 e. The second kappa shape index (κ2) is 6.36. The largest absolute Gasteiger partial charge is 0.380 e. The van der Waals surface area contributed by atoms with Crippen LogP contribution < -0.4 is 5.56 Å². The molecule has 0 unspecified atom stereocenters. The van der Waals surface area contributed by atoms with Crippen LogP contribution in [0.1, 0.15) is 25.2 Å². The topological polar surface area (TPSA) is 35.1 Å². The summed E-state index contributed by atoms with van der Waals surface area (Å²) in [6, 6.07) is 11.2. The van der Waals surface area contributed by atoms with E-state index in [0.717, 1.165) is 0 Å². The first kappa shape index (κ1) is 17.8. The molecule has 0 amide bonds. The molecule has 0 atom stereocenters. The maximum atomic E-state index is 14.1. The van der Waals surface area contributed by atoms with Gasteiger partial charge in [-0.25, -0.2) is 4.39 Å². The van der Waals surface area contributed by atoms with E-state index in [1.54, 1.807) is 43.3 Å². The van der Waals surface area contributed by atoms with Crippen molar-refractivity contribution in [2.45, 2.75) is 26.3 Å². The number of benzene rings is 2. The summed E-state index contributed by atoms with van der Waals surface area (Å²) < 4.78 is 21.1. The zero-order valence-corrected chi connectivity index (χ0v) is 15.5. The van der Waals surface area contributed by atoms with E-state index >= 15 is 0 Å². The van der Waals surface area contributed by atoms with Crippen molar-refractivity contribution < 1.29 is 8.91 Å². The lowest BCUT2D eigenvalue weighted by Gasteiger charge is -2.25. The van der Waals surface area contributed by atoms with Crippen molar-refractivity contribution in [2.75, 3.05) is 0 Å². The van der Waals surface area contributed by atoms with Gasteiger partial charge in [-0.05, 0) is 50.6 Å². The molecule has 3 rings (SSSR count). The van der Waals surface area contributed by atoms with Crippen molar-refractivity contribution >= 4 is 23.2 Å². The Morgan fingerprint density at radius 3 is 2.28 bits per heavy atom. The van der Waals surface area contributed by atoms with Crippen LogP contribution in [0.2, 0.25) is 10.0 Å². The molecule has 0 radical (unpaired) electrons. The highest BCUT2D eigenvalue weighted by Crippen LogP contribution is 2.32. The molecule has 0 bridgehead atoms. The molecule has 6 heteroatoms. The van der Waals surface area contributed by atoms with E-state index in [2.05, 4.69) is 0 Å². The third kappa shape index (κ3) is 3.12. The molecule has 0 aliphatic rings. The summed E-state index contributed by atoms with van der Waals surface area (Å²) in [4.78, 5) is 13.0. The van der Waals surface area contributed by atoms with E-state index in [9.17, 15) is 9.18 Å². The average Bonchev–Trinajstić information content (AvgIpc) is 2.83. The zero-order valence-electron chi connectivity index (χ0n) is 13.9. The second-order valence-corrected chi connectivity index (χ2v) is 7.19. The number of aryl methyl sites for hydroxylation is 1. The fraction of sp³-hybridized carbons (Fsp3) is 0.211. The van der Waals surface area contributed by atoms with Gasteiger partial charge in [-0.15, -0.1) is 0 Å². The Hall–Kier alpha value is -2.04. The Morgan fingerprint density at radius 1 is 1.08 bits per heavy atom. The molecule has 1 heterocycles. The minimum Gasteiger partial charge on any atom is -0.380 e. The minimum absolute atomic E-state index is 0.208. The molecule has 3 aromatic rings. The van der Waals surface area contributed by atoms with Crippen LogP contribution in [-0.4, -0.2) is 4.74 Å². The molecule has 2 aromatic carbocycles. The van der Waals surface area contributed by atoms with Crippen LogP contribution in [0.15, 0.2) is 51.8 Å². The number of halogens is 3. The Morgan fingerprint density at radius 2 is 1.68 bits per heavy atom. The van der Waals surface area contributed by atoms with E-state index in [4.69, 9.17) is 27.7 Å². The highest BCUT2D eigenvalue weighted by atomic mass is 35.5. The van der Waals surface area contributed by atoms with E-state index in [-0.39, 0.29) is 11.1 Å². The van der Waals surface area contributed by atoms with Gasteiger partial charge in [0, 0.05) is 15.6 Å². The van der Waals surface area contributed by atoms with Crippen LogP contribution in [-0.2, 0) is 5.54 Å². The van der Waals surface area contributed by atoms with Gasteiger partial charge >= 0.3 is 0 Å². The lowest BCUT2D eigenvalue weighted by atomic mass is 9.94. The van der Waals surface area contributed by atoms with Crippen molar-refractivity contribution in [1.29, 1.82) is 0 Å². The molecular weight excluding hydrogens is 364 g/mol. The van der Waals surface area contributed by atoms with Crippen molar-refractivity contribution in [3.63, 3.8) is 0 Å². The molecule has 3 nitrogen and oxygen atoms in total. The molecule has 0 saturated carbocycles. The Balaban J connectivity index is 2.21. The molecule has 130 valence electrons. The number of rotatable bonds is 3. The molecule has 0 fully saturated rings. The third-order valence-corrected chi connectivity index (χ3v) is 4.63. The Bertz CT molecular complexity index is 985. The van der Waals surface area contributed by atoms with Crippen LogP contribution in [0.4, 0.5) is 4.39 Å². The van der Waals surface area contributed by atoms with Gasteiger partial charge in [0.1, 0.15) is 17.1 Å². The molecular formula is C19H16Cl2FNO2. The predicted molar refractivity (Wildman–Crippen MR) is 98.0 cm³/mol. The summed E-state index contributed by atoms with van der Waals surface area (Å²) in [6.07, 6.45) is 0. The molecule has 25 heavy (non-hydrogen) atoms. The number of hydrogen-bond acceptors (Lipinski definition) is 2. The first-order valence-electron chi connectivity index (χ1n) is 7.66. The van der Waals surface area contributed by atoms with Crippen LogP contribution in [0, 0.1) is 12.7 Å². The zero-order chi connectivity index (χ0) is 18.4. The molecule has 0 aliphatic carbocycles. The predicted octanol–water partition coefficient (Wildman–Crippen LogP) is 5.65. The summed E-state index contributed by atoms with van der Waals surface area (Å²) >= 11 is 12.2. The summed E-state index contributed by atoms with van der Waals surface area (Å²) in [7, 11) is 0. The monoisotopic (exact) mass is 379 g/mol. The fourth-order valence-electron chi connectivity index (χ4n) is 2.84. The van der Waals surface area contributed by atoms with Gasteiger partial charge in [-0.2, -0.15) is 4.74 Å². The summed E-state index contributed by atoms with van der Waals surface area (Å²) in [5.41, 5.74) is -0.142. The van der Waals surface area contributed by atoms with E-state index in [1.807, 2.05) is 13.8 Å². The van der Waals surface area contributed by atoms with Crippen LogP contribution in [0.3, 0.4) is 0 Å². The molecule has 0 N–H and O–H groups in total. The van der Waals surface area contributed by atoms with Gasteiger partial charge in [0.25, 0.3) is 5.56 Å². The summed E-state index contributed by atoms with van der Waals surface area (Å²) in [5, 5.41) is 0.919. The second-order valence-electron chi connectivity index (χ2n) is 6.32. The van der Waals surface area contributed by atoms with Crippen molar-refractivity contribution in [3.8, 4) is 11.1 Å². The Labute approximate surface area is 154 Å². The molecule has 0 spiro atoms. The van der Waals surface area contributed by atoms with Gasteiger partial charge < -0.3 is 4.52 Å². The van der Waals surface area contributed by atoms with Crippen molar-refractivity contribution in [1.82, 2.24) is 4.74 Å². The maximum absolute atomic E-state index is 14.1. The van der Waals surface area contributed by atoms with Crippen molar-refractivity contribution in [2.24, 2.45) is 0 Å². The lowest BCUT2D eigenvalue weighted by Crippen LogP contribution is -2.35. The van der Waals surface area contributed by atoms with E-state index < -0.39 is 16.9 Å². The number of aromatic nitrogens is 1. The summed E-state index contributed by atoms with van der Waals surface area (Å²) in [6.45, 7) is 5.26. The highest BCUT2D eigenvalue weighted by Gasteiger charge is 2.31. The summed E-state index contributed by atoms with van der Waals surface area (Å²) in [5.74, 6) is -0.129. The first-order valence-corrected chi connectivity index (χ1v) is 8.42. The van der Waals surface area contributed by atoms with Gasteiger partial charge in [-0.3, -0.25) is 4.79 Å². The number of nitrogens with zero attached hydrogens (tertiary/aromatic N) is 1. The van der Waals surface area contributed by atoms with Gasteiger partial charge in [0.15, 0.2) is 0 Å². The van der Waals surface area contributed by atoms with Gasteiger partial charge in [0.05, 0.1) is 5.56 Å². The first-order chi connectivity index (χ1) is 11.7. The molecule has 0 saturated heterocycles. The quantitative estimate of drug-likeness (QED) is 0.589. The fourth-order valence-corrected chi connectivity index (χ4v) is 3.36. The SMILES string of the molecule is Cc1on(C(C)(C)c2cc(Cl)cc(Cl)c2)c(=O)c1-c1ccccc1F. The molecule has 1 aromatic heterocycles. The number of hydrogen-bond donors (Lipinski definition) is 0. The highest BCUT2D eigenvalue weighted by molar-refractivity contribution is 6.34. The van der Waals surface area contributed by atoms with E-state index in [1.165, 1.54) is 10.8 Å². The standard InChI is InChI=1S/C19H16Cl2FNO2/c1-11-17(15-6-4-5-7-16(15)22)18(24)23(25-11)19(2,3)12-8-13(20)10-14(21)9-12/h4-10H,1-3H3. The third-order valence-electron chi connectivity index (χ3n) is 4.20. The average molecular weight is 380 g/mol. The van der Waals surface area contributed by atoms with Gasteiger partial charge in [-0.1, -0.05) is 41.4 Å². The molecule has 0 aliphatic heterocycles. The van der Waals surface area contributed by atoms with Crippen LogP contribution in [0.25, 0.3) is 11.1 Å². The minimum atomic E-state index is -0.861.